The highest BCUT2D eigenvalue weighted by Crippen LogP contribution is 2.39. The molecule has 1 amide bonds. The molecule has 1 atom stereocenters. The van der Waals surface area contributed by atoms with Crippen LogP contribution in [0.5, 0.6) is 0 Å². The van der Waals surface area contributed by atoms with Gasteiger partial charge in [0.1, 0.15) is 6.54 Å². The highest BCUT2D eigenvalue weighted by atomic mass is 35.5. The van der Waals surface area contributed by atoms with Gasteiger partial charge in [-0.2, -0.15) is 18.3 Å². The summed E-state index contributed by atoms with van der Waals surface area (Å²) >= 11 is 6.00. The van der Waals surface area contributed by atoms with Crippen molar-refractivity contribution < 1.29 is 27.5 Å². The summed E-state index contributed by atoms with van der Waals surface area (Å²) in [6.45, 7) is 2.15. The summed E-state index contributed by atoms with van der Waals surface area (Å²) in [5.41, 5.74) is 1.03. The largest absolute Gasteiger partial charge is 0.465 e. The second-order valence-electron chi connectivity index (χ2n) is 8.78. The van der Waals surface area contributed by atoms with Gasteiger partial charge in [0.05, 0.1) is 40.9 Å². The Bertz CT molecular complexity index is 1340. The molecule has 0 saturated carbocycles. The molecule has 0 fully saturated rings. The second-order valence-corrected chi connectivity index (χ2v) is 9.19. The van der Waals surface area contributed by atoms with Gasteiger partial charge in [-0.15, -0.1) is 0 Å². The van der Waals surface area contributed by atoms with Gasteiger partial charge in [-0.3, -0.25) is 9.80 Å². The smallest absolute Gasteiger partial charge is 0.417 e. The zero-order valence-corrected chi connectivity index (χ0v) is 20.7. The normalized spacial score (nSPS) is 17.4. The quantitative estimate of drug-likeness (QED) is 0.412. The summed E-state index contributed by atoms with van der Waals surface area (Å²) < 4.78 is 44.4. The lowest BCUT2D eigenvalue weighted by molar-refractivity contribution is -0.137. The van der Waals surface area contributed by atoms with Gasteiger partial charge in [0, 0.05) is 11.3 Å². The summed E-state index contributed by atoms with van der Waals surface area (Å²) in [4.78, 5) is 24.4. The van der Waals surface area contributed by atoms with Gasteiger partial charge < -0.3 is 10.1 Å². The van der Waals surface area contributed by atoms with Gasteiger partial charge in [0.25, 0.3) is 0 Å². The first-order chi connectivity index (χ1) is 17.5. The van der Waals surface area contributed by atoms with Crippen LogP contribution in [-0.2, 0) is 21.1 Å². The van der Waals surface area contributed by atoms with Crippen LogP contribution in [0.2, 0.25) is 5.02 Å². The first-order valence-electron chi connectivity index (χ1n) is 11.3. The van der Waals surface area contributed by atoms with Crippen LogP contribution >= 0.6 is 11.6 Å². The Kier molecular flexibility index (Phi) is 7.27. The summed E-state index contributed by atoms with van der Waals surface area (Å²) in [6.07, 6.45) is -4.57. The topological polar surface area (TPSA) is 71.0 Å². The number of hydrogen-bond donors (Lipinski definition) is 1. The second kappa shape index (κ2) is 10.3. The molecule has 37 heavy (non-hydrogen) atoms. The molecule has 192 valence electrons. The third-order valence-corrected chi connectivity index (χ3v) is 6.45. The molecular weight excluding hydrogens is 507 g/mol. The van der Waals surface area contributed by atoms with E-state index in [-0.39, 0.29) is 12.5 Å². The molecule has 0 radical (unpaired) electrons. The minimum atomic E-state index is -4.57. The molecule has 1 aliphatic heterocycles. The average Bonchev–Trinajstić information content (AvgIpc) is 3.20. The van der Waals surface area contributed by atoms with Crippen molar-refractivity contribution in [1.29, 1.82) is 0 Å². The van der Waals surface area contributed by atoms with E-state index >= 15 is 0 Å². The third kappa shape index (κ3) is 5.61. The van der Waals surface area contributed by atoms with E-state index in [9.17, 15) is 22.8 Å². The lowest BCUT2D eigenvalue weighted by atomic mass is 9.76. The SMILES string of the molecule is COC(=O)c1ccc(NC(=O)CN2CC(C)(c3ccccc3)C(c3ccc(C(F)(F)F)c(Cl)c3)=N2)cc1. The van der Waals surface area contributed by atoms with E-state index in [1.165, 1.54) is 31.4 Å². The molecule has 4 rings (SSSR count). The van der Waals surface area contributed by atoms with Crippen molar-refractivity contribution in [3.63, 3.8) is 0 Å². The van der Waals surface area contributed by atoms with Crippen molar-refractivity contribution in [2.24, 2.45) is 5.10 Å². The maximum absolute atomic E-state index is 13.2. The number of anilines is 1. The zero-order chi connectivity index (χ0) is 26.8. The predicted octanol–water partition coefficient (Wildman–Crippen LogP) is 5.76. The lowest BCUT2D eigenvalue weighted by Gasteiger charge is -2.27. The first-order valence-corrected chi connectivity index (χ1v) is 11.6. The molecule has 3 aromatic carbocycles. The summed E-state index contributed by atoms with van der Waals surface area (Å²) in [7, 11) is 1.28. The van der Waals surface area contributed by atoms with Gasteiger partial charge in [-0.25, -0.2) is 4.79 Å². The number of carbonyl (C=O) groups excluding carboxylic acids is 2. The molecule has 1 heterocycles. The minimum absolute atomic E-state index is 0.0982. The van der Waals surface area contributed by atoms with Gasteiger partial charge in [-0.1, -0.05) is 48.0 Å². The van der Waals surface area contributed by atoms with E-state index in [4.69, 9.17) is 11.6 Å². The highest BCUT2D eigenvalue weighted by Gasteiger charge is 2.42. The van der Waals surface area contributed by atoms with Crippen molar-refractivity contribution >= 4 is 34.9 Å². The van der Waals surface area contributed by atoms with E-state index in [1.807, 2.05) is 37.3 Å². The van der Waals surface area contributed by atoms with Crippen molar-refractivity contribution in [1.82, 2.24) is 5.01 Å². The molecule has 1 aliphatic rings. The van der Waals surface area contributed by atoms with Crippen LogP contribution in [0.25, 0.3) is 0 Å². The molecule has 6 nitrogen and oxygen atoms in total. The number of esters is 1. The number of amides is 1. The Balaban J connectivity index is 1.59. The fourth-order valence-corrected chi connectivity index (χ4v) is 4.58. The van der Waals surface area contributed by atoms with Crippen LogP contribution in [0.15, 0.2) is 77.9 Å². The van der Waals surface area contributed by atoms with E-state index in [1.54, 1.807) is 17.1 Å². The molecule has 0 bridgehead atoms. The third-order valence-electron chi connectivity index (χ3n) is 6.14. The Morgan fingerprint density at radius 1 is 1.08 bits per heavy atom. The maximum Gasteiger partial charge on any atom is 0.417 e. The van der Waals surface area contributed by atoms with Crippen molar-refractivity contribution in [2.45, 2.75) is 18.5 Å². The van der Waals surface area contributed by atoms with Crippen molar-refractivity contribution in [3.8, 4) is 0 Å². The Labute approximate surface area is 216 Å². The van der Waals surface area contributed by atoms with Crippen molar-refractivity contribution in [3.05, 3.63) is 100 Å². The lowest BCUT2D eigenvalue weighted by Crippen LogP contribution is -2.38. The molecule has 3 aromatic rings. The van der Waals surface area contributed by atoms with Crippen LogP contribution in [0, 0.1) is 0 Å². The Morgan fingerprint density at radius 3 is 2.35 bits per heavy atom. The standard InChI is InChI=1S/C27H23ClF3N3O3/c1-26(19-6-4-3-5-7-19)16-34(15-23(35)32-20-11-8-17(9-12-20)25(36)37-2)33-24(26)18-10-13-21(22(28)14-18)27(29,30)31/h3-14H,15-16H2,1-2H3,(H,32,35). The summed E-state index contributed by atoms with van der Waals surface area (Å²) in [6, 6.07) is 19.2. The number of hydrazone groups is 1. The number of benzene rings is 3. The number of ether oxygens (including phenoxy) is 1. The monoisotopic (exact) mass is 529 g/mol. The number of alkyl halides is 3. The Morgan fingerprint density at radius 2 is 1.76 bits per heavy atom. The molecule has 0 saturated heterocycles. The van der Waals surface area contributed by atoms with Crippen LogP contribution < -0.4 is 5.32 Å². The molecule has 10 heteroatoms. The fraction of sp³-hybridized carbons (Fsp3) is 0.222. The van der Waals surface area contributed by atoms with Crippen LogP contribution in [-0.4, -0.2) is 42.8 Å². The van der Waals surface area contributed by atoms with E-state index in [2.05, 4.69) is 15.2 Å². The summed E-state index contributed by atoms with van der Waals surface area (Å²) in [5.74, 6) is -0.836. The van der Waals surface area contributed by atoms with E-state index < -0.39 is 28.1 Å². The molecule has 0 spiro atoms. The highest BCUT2D eigenvalue weighted by molar-refractivity contribution is 6.32. The number of hydrogen-bond acceptors (Lipinski definition) is 5. The average molecular weight is 530 g/mol. The number of nitrogens with zero attached hydrogens (tertiary/aromatic N) is 2. The molecule has 1 unspecified atom stereocenters. The number of halogens is 4. The van der Waals surface area contributed by atoms with Crippen molar-refractivity contribution in [2.75, 3.05) is 25.5 Å². The molecule has 0 aromatic heterocycles. The van der Waals surface area contributed by atoms with E-state index in [0.717, 1.165) is 11.6 Å². The Hall–Kier alpha value is -3.85. The number of carbonyl (C=O) groups is 2. The first kappa shape index (κ1) is 26.2. The van der Waals surface area contributed by atoms with Gasteiger partial charge in [-0.05, 0) is 48.9 Å². The van der Waals surface area contributed by atoms with Gasteiger partial charge in [0.15, 0.2) is 0 Å². The summed E-state index contributed by atoms with van der Waals surface area (Å²) in [5, 5.41) is 8.55. The number of methoxy groups -OCH3 is 1. The van der Waals surface area contributed by atoms with Crippen LogP contribution in [0.4, 0.5) is 18.9 Å². The van der Waals surface area contributed by atoms with Gasteiger partial charge in [0.2, 0.25) is 5.91 Å². The van der Waals surface area contributed by atoms with Gasteiger partial charge >= 0.3 is 12.1 Å². The minimum Gasteiger partial charge on any atom is -0.465 e. The number of nitrogens with one attached hydrogen (secondary N) is 1. The predicted molar refractivity (Wildman–Crippen MR) is 135 cm³/mol. The van der Waals surface area contributed by atoms with Crippen LogP contribution in [0.1, 0.15) is 34.0 Å². The fourth-order valence-electron chi connectivity index (χ4n) is 4.29. The molecule has 0 aliphatic carbocycles. The maximum atomic E-state index is 13.2. The molecular formula is C27H23ClF3N3O3. The zero-order valence-electron chi connectivity index (χ0n) is 20.0. The number of rotatable bonds is 6. The van der Waals surface area contributed by atoms with Crippen LogP contribution in [0.3, 0.4) is 0 Å². The van der Waals surface area contributed by atoms with E-state index in [0.29, 0.717) is 29.1 Å². The molecule has 1 N–H and O–H groups in total.